The Morgan fingerprint density at radius 2 is 1.59 bits per heavy atom. The monoisotopic (exact) mass is 389 g/mol. The molecule has 0 bridgehead atoms. The van der Waals surface area contributed by atoms with Gasteiger partial charge in [-0.15, -0.1) is 0 Å². The van der Waals surface area contributed by atoms with Gasteiger partial charge in [0.15, 0.2) is 0 Å². The van der Waals surface area contributed by atoms with E-state index in [4.69, 9.17) is 0 Å². The van der Waals surface area contributed by atoms with Crippen LogP contribution in [0.4, 0.5) is 11.4 Å². The summed E-state index contributed by atoms with van der Waals surface area (Å²) in [5, 5.41) is 6.24. The molecule has 0 aliphatic rings. The molecule has 6 nitrogen and oxygen atoms in total. The first-order chi connectivity index (χ1) is 12.8. The Kier molecular flexibility index (Phi) is 7.24. The Morgan fingerprint density at radius 1 is 1.00 bits per heavy atom. The van der Waals surface area contributed by atoms with Gasteiger partial charge in [-0.3, -0.25) is 9.52 Å². The summed E-state index contributed by atoms with van der Waals surface area (Å²) in [7, 11) is -3.31. The fraction of sp³-hybridized carbons (Fsp3) is 0.350. The lowest BCUT2D eigenvalue weighted by atomic mass is 10.0. The molecule has 0 heterocycles. The van der Waals surface area contributed by atoms with Crippen molar-refractivity contribution in [3.8, 4) is 0 Å². The third-order valence-electron chi connectivity index (χ3n) is 4.06. The van der Waals surface area contributed by atoms with Crippen molar-refractivity contribution in [2.45, 2.75) is 38.8 Å². The summed E-state index contributed by atoms with van der Waals surface area (Å²) in [6.45, 7) is 3.89. The second-order valence-corrected chi connectivity index (χ2v) is 8.33. The van der Waals surface area contributed by atoms with Gasteiger partial charge in [0.2, 0.25) is 15.9 Å². The predicted molar refractivity (Wildman–Crippen MR) is 110 cm³/mol. The number of sulfonamides is 1. The average Bonchev–Trinajstić information content (AvgIpc) is 2.62. The normalized spacial score (nSPS) is 13.4. The van der Waals surface area contributed by atoms with Crippen LogP contribution in [0.5, 0.6) is 0 Å². The first-order valence-electron chi connectivity index (χ1n) is 8.98. The molecule has 2 rings (SSSR count). The summed E-state index contributed by atoms with van der Waals surface area (Å²) in [5.41, 5.74) is 2.31. The smallest absolute Gasteiger partial charge is 0.242 e. The van der Waals surface area contributed by atoms with Crippen LogP contribution < -0.4 is 15.4 Å². The van der Waals surface area contributed by atoms with Gasteiger partial charge < -0.3 is 10.6 Å². The van der Waals surface area contributed by atoms with E-state index >= 15 is 0 Å². The fourth-order valence-electron chi connectivity index (χ4n) is 2.76. The van der Waals surface area contributed by atoms with E-state index in [1.54, 1.807) is 31.2 Å². The highest BCUT2D eigenvalue weighted by molar-refractivity contribution is 7.92. The highest BCUT2D eigenvalue weighted by Gasteiger charge is 2.18. The molecule has 146 valence electrons. The van der Waals surface area contributed by atoms with E-state index < -0.39 is 16.1 Å². The van der Waals surface area contributed by atoms with Crippen LogP contribution in [0.15, 0.2) is 54.6 Å². The number of carbonyl (C=O) groups is 1. The molecule has 0 aliphatic carbocycles. The van der Waals surface area contributed by atoms with E-state index in [9.17, 15) is 13.2 Å². The van der Waals surface area contributed by atoms with Gasteiger partial charge in [0.25, 0.3) is 0 Å². The molecule has 3 N–H and O–H groups in total. The van der Waals surface area contributed by atoms with E-state index in [-0.39, 0.29) is 11.9 Å². The standard InChI is InChI=1S/C20H27N3O3S/c1-4-8-19(16-9-6-5-7-10-16)22-20(24)15(2)21-17-11-13-18(14-12-17)23-27(3,25)26/h5-7,9-15,19,21,23H,4,8H2,1-3H3,(H,22,24). The van der Waals surface area contributed by atoms with Gasteiger partial charge in [-0.2, -0.15) is 0 Å². The number of rotatable bonds is 9. The van der Waals surface area contributed by atoms with E-state index in [1.165, 1.54) is 0 Å². The Labute approximate surface area is 161 Å². The van der Waals surface area contributed by atoms with Crippen molar-refractivity contribution in [1.82, 2.24) is 5.32 Å². The van der Waals surface area contributed by atoms with Crippen LogP contribution in [0.2, 0.25) is 0 Å². The molecule has 0 fully saturated rings. The fourth-order valence-corrected chi connectivity index (χ4v) is 3.32. The Hall–Kier alpha value is -2.54. The molecule has 0 saturated heterocycles. The third kappa shape index (κ3) is 6.94. The van der Waals surface area contributed by atoms with Crippen LogP contribution >= 0.6 is 0 Å². The predicted octanol–water partition coefficient (Wildman–Crippen LogP) is 3.52. The SMILES string of the molecule is CCCC(NC(=O)C(C)Nc1ccc(NS(C)(=O)=O)cc1)c1ccccc1. The molecular formula is C20H27N3O3S. The van der Waals surface area contributed by atoms with E-state index in [2.05, 4.69) is 22.3 Å². The van der Waals surface area contributed by atoms with Gasteiger partial charge >= 0.3 is 0 Å². The highest BCUT2D eigenvalue weighted by atomic mass is 32.2. The van der Waals surface area contributed by atoms with Crippen molar-refractivity contribution in [3.63, 3.8) is 0 Å². The van der Waals surface area contributed by atoms with Gasteiger partial charge in [0.1, 0.15) is 6.04 Å². The first kappa shape index (κ1) is 20.8. The van der Waals surface area contributed by atoms with Crippen molar-refractivity contribution in [3.05, 3.63) is 60.2 Å². The maximum Gasteiger partial charge on any atom is 0.242 e. The van der Waals surface area contributed by atoms with Crippen LogP contribution in [0.1, 0.15) is 38.3 Å². The summed E-state index contributed by atoms with van der Waals surface area (Å²) >= 11 is 0. The number of anilines is 2. The van der Waals surface area contributed by atoms with Crippen molar-refractivity contribution < 1.29 is 13.2 Å². The van der Waals surface area contributed by atoms with Crippen LogP contribution in [0, 0.1) is 0 Å². The molecule has 0 radical (unpaired) electrons. The summed E-state index contributed by atoms with van der Waals surface area (Å²) in [6, 6.07) is 16.3. The minimum Gasteiger partial charge on any atom is -0.374 e. The Bertz CT molecular complexity index is 837. The minimum atomic E-state index is -3.31. The quantitative estimate of drug-likeness (QED) is 0.612. The molecule has 2 aromatic rings. The number of benzene rings is 2. The second kappa shape index (κ2) is 9.41. The van der Waals surface area contributed by atoms with Crippen molar-refractivity contribution in [2.24, 2.45) is 0 Å². The molecule has 0 spiro atoms. The van der Waals surface area contributed by atoms with Gasteiger partial charge in [0.05, 0.1) is 12.3 Å². The van der Waals surface area contributed by atoms with Crippen LogP contribution in [0.25, 0.3) is 0 Å². The number of hydrogen-bond acceptors (Lipinski definition) is 4. The maximum absolute atomic E-state index is 12.6. The molecule has 27 heavy (non-hydrogen) atoms. The molecule has 0 aromatic heterocycles. The zero-order chi connectivity index (χ0) is 19.9. The van der Waals surface area contributed by atoms with Gasteiger partial charge in [-0.25, -0.2) is 8.42 Å². The average molecular weight is 390 g/mol. The first-order valence-corrected chi connectivity index (χ1v) is 10.9. The van der Waals surface area contributed by atoms with Crippen LogP contribution in [-0.2, 0) is 14.8 Å². The number of amides is 1. The van der Waals surface area contributed by atoms with Crippen molar-refractivity contribution in [1.29, 1.82) is 0 Å². The van der Waals surface area contributed by atoms with Gasteiger partial charge in [-0.05, 0) is 43.2 Å². The molecular weight excluding hydrogens is 362 g/mol. The Balaban J connectivity index is 1.98. The molecule has 2 atom stereocenters. The summed E-state index contributed by atoms with van der Waals surface area (Å²) < 4.78 is 24.9. The van der Waals surface area contributed by atoms with Crippen LogP contribution in [0.3, 0.4) is 0 Å². The molecule has 7 heteroatoms. The molecule has 1 amide bonds. The lowest BCUT2D eigenvalue weighted by molar-refractivity contribution is -0.122. The maximum atomic E-state index is 12.6. The van der Waals surface area contributed by atoms with Crippen LogP contribution in [-0.4, -0.2) is 26.6 Å². The number of carbonyl (C=O) groups excluding carboxylic acids is 1. The Morgan fingerprint density at radius 3 is 2.15 bits per heavy atom. The molecule has 0 aliphatic heterocycles. The second-order valence-electron chi connectivity index (χ2n) is 6.58. The number of nitrogens with one attached hydrogen (secondary N) is 3. The summed E-state index contributed by atoms with van der Waals surface area (Å²) in [4.78, 5) is 12.6. The molecule has 0 saturated carbocycles. The van der Waals surface area contributed by atoms with Gasteiger partial charge in [0, 0.05) is 11.4 Å². The van der Waals surface area contributed by atoms with E-state index in [0.717, 1.165) is 30.3 Å². The highest BCUT2D eigenvalue weighted by Crippen LogP contribution is 2.19. The molecule has 2 aromatic carbocycles. The summed E-state index contributed by atoms with van der Waals surface area (Å²) in [5.74, 6) is -0.0874. The lowest BCUT2D eigenvalue weighted by Gasteiger charge is -2.22. The number of hydrogen-bond donors (Lipinski definition) is 3. The zero-order valence-electron chi connectivity index (χ0n) is 15.9. The topological polar surface area (TPSA) is 87.3 Å². The third-order valence-corrected chi connectivity index (χ3v) is 4.67. The van der Waals surface area contributed by atoms with Gasteiger partial charge in [-0.1, -0.05) is 43.7 Å². The van der Waals surface area contributed by atoms with E-state index in [0.29, 0.717) is 5.69 Å². The summed E-state index contributed by atoms with van der Waals surface area (Å²) in [6.07, 6.45) is 2.94. The zero-order valence-corrected chi connectivity index (χ0v) is 16.7. The minimum absolute atomic E-state index is 0.0192. The largest absolute Gasteiger partial charge is 0.374 e. The van der Waals surface area contributed by atoms with E-state index in [1.807, 2.05) is 30.3 Å². The molecule has 2 unspecified atom stereocenters. The lowest BCUT2D eigenvalue weighted by Crippen LogP contribution is -2.39. The van der Waals surface area contributed by atoms with Crippen molar-refractivity contribution >= 4 is 27.3 Å². The van der Waals surface area contributed by atoms with Crippen molar-refractivity contribution in [2.75, 3.05) is 16.3 Å².